The van der Waals surface area contributed by atoms with Crippen LogP contribution in [0.5, 0.6) is 11.5 Å². The fourth-order valence-electron chi connectivity index (χ4n) is 9.77. The summed E-state index contributed by atoms with van der Waals surface area (Å²) in [6, 6.07) is 36.1. The summed E-state index contributed by atoms with van der Waals surface area (Å²) in [5.74, 6) is -5.51. The second kappa shape index (κ2) is 13.5. The van der Waals surface area contributed by atoms with Gasteiger partial charge in [-0.15, -0.1) is 0 Å². The van der Waals surface area contributed by atoms with Gasteiger partial charge in [0.2, 0.25) is 23.6 Å². The molecule has 9 rings (SSSR count). The van der Waals surface area contributed by atoms with Crippen molar-refractivity contribution in [2.45, 2.75) is 24.2 Å². The van der Waals surface area contributed by atoms with Crippen LogP contribution in [0.15, 0.2) is 139 Å². The highest BCUT2D eigenvalue weighted by Crippen LogP contribution is 2.65. The number of fused-ring (bicyclic) bond motifs is 4. The molecule has 2 aliphatic carbocycles. The van der Waals surface area contributed by atoms with Crippen molar-refractivity contribution in [2.75, 3.05) is 16.9 Å². The first-order valence-corrected chi connectivity index (χ1v) is 18.9. The average Bonchev–Trinajstić information content (AvgIpc) is 3.62. The molecule has 6 unspecified atom stereocenters. The van der Waals surface area contributed by atoms with Gasteiger partial charge in [-0.3, -0.25) is 28.9 Å². The number of carbonyl (C=O) groups is 5. The molecule has 1 saturated carbocycles. The largest absolute Gasteiger partial charge is 0.504 e. The first-order valence-electron chi connectivity index (χ1n) is 18.5. The number of rotatable bonds is 7. The molecule has 278 valence electrons. The van der Waals surface area contributed by atoms with Gasteiger partial charge in [-0.1, -0.05) is 96.0 Å². The molecule has 3 fully saturated rings. The first-order chi connectivity index (χ1) is 27.1. The summed E-state index contributed by atoms with van der Waals surface area (Å²) in [5.41, 5.74) is 2.19. The lowest BCUT2D eigenvalue weighted by Crippen LogP contribution is -2.53. The molecule has 2 saturated heterocycles. The maximum atomic E-state index is 15.4. The number of nitrogens with zero attached hydrogens (tertiary/aromatic N) is 2. The zero-order valence-electron chi connectivity index (χ0n) is 30.2. The number of halogens is 1. The van der Waals surface area contributed by atoms with Crippen molar-refractivity contribution in [3.05, 3.63) is 166 Å². The Morgan fingerprint density at radius 2 is 1.43 bits per heavy atom. The molecule has 2 aliphatic heterocycles. The number of allylic oxidation sites excluding steroid dienone is 2. The monoisotopic (exact) mass is 762 g/mol. The molecule has 4 aliphatic rings. The summed E-state index contributed by atoms with van der Waals surface area (Å²) in [6.45, 7) is 0. The van der Waals surface area contributed by atoms with Crippen LogP contribution in [0.3, 0.4) is 0 Å². The Labute approximate surface area is 327 Å². The number of ketones is 1. The molecule has 6 atom stereocenters. The van der Waals surface area contributed by atoms with Gasteiger partial charge in [0.15, 0.2) is 17.3 Å². The second-order valence-corrected chi connectivity index (χ2v) is 15.2. The van der Waals surface area contributed by atoms with Crippen LogP contribution >= 0.6 is 11.6 Å². The number of hydrogen-bond acceptors (Lipinski definition) is 7. The van der Waals surface area contributed by atoms with Gasteiger partial charge in [0, 0.05) is 22.1 Å². The molecule has 4 amide bonds. The molecule has 5 aromatic rings. The Balaban J connectivity index is 1.18. The number of imide groups is 2. The average molecular weight is 763 g/mol. The highest BCUT2D eigenvalue weighted by atomic mass is 35.5. The lowest BCUT2D eigenvalue weighted by Gasteiger charge is -2.50. The molecular formula is C46H35ClN2O7. The number of ether oxygens (including phenoxy) is 1. The van der Waals surface area contributed by atoms with E-state index in [0.717, 1.165) is 5.57 Å². The molecule has 5 aromatic carbocycles. The number of aromatic hydroxyl groups is 1. The quantitative estimate of drug-likeness (QED) is 0.103. The molecule has 0 bridgehead atoms. The molecule has 56 heavy (non-hydrogen) atoms. The van der Waals surface area contributed by atoms with Gasteiger partial charge in [-0.05, 0) is 84.5 Å². The third kappa shape index (κ3) is 5.18. The normalized spacial score (nSPS) is 25.4. The SMILES string of the molecule is COc1cc(C2C3=CCC4C(=O)N(c5ccc(C(=O)c6ccccc6)cc5)C(=O)C4C3CC3C(=O)N(c4cccc(Cl)c4)C(=O)C32c2ccccc2)ccc1O. The fraction of sp³-hybridized carbons (Fsp3) is 0.196. The lowest BCUT2D eigenvalue weighted by molar-refractivity contribution is -0.127. The number of amides is 4. The van der Waals surface area contributed by atoms with E-state index >= 15 is 4.79 Å². The van der Waals surface area contributed by atoms with Gasteiger partial charge in [0.25, 0.3) is 0 Å². The predicted octanol–water partition coefficient (Wildman–Crippen LogP) is 7.65. The van der Waals surface area contributed by atoms with Crippen LogP contribution in [0.25, 0.3) is 0 Å². The van der Waals surface area contributed by atoms with Crippen molar-refractivity contribution >= 4 is 52.4 Å². The van der Waals surface area contributed by atoms with E-state index in [1.807, 2.05) is 42.5 Å². The van der Waals surface area contributed by atoms with Gasteiger partial charge >= 0.3 is 0 Å². The van der Waals surface area contributed by atoms with E-state index in [4.69, 9.17) is 16.3 Å². The Bertz CT molecular complexity index is 2480. The van der Waals surface area contributed by atoms with Crippen LogP contribution in [0.4, 0.5) is 11.4 Å². The van der Waals surface area contributed by atoms with E-state index < -0.39 is 52.7 Å². The van der Waals surface area contributed by atoms with Gasteiger partial charge in [0.05, 0.1) is 41.7 Å². The zero-order valence-corrected chi connectivity index (χ0v) is 30.9. The Hall–Kier alpha value is -6.32. The summed E-state index contributed by atoms with van der Waals surface area (Å²) in [4.78, 5) is 74.9. The summed E-state index contributed by atoms with van der Waals surface area (Å²) in [5, 5.41) is 11.0. The first kappa shape index (κ1) is 35.4. The highest BCUT2D eigenvalue weighted by molar-refractivity contribution is 6.32. The minimum Gasteiger partial charge on any atom is -0.504 e. The summed E-state index contributed by atoms with van der Waals surface area (Å²) in [6.07, 6.45) is 2.35. The Kier molecular flexibility index (Phi) is 8.50. The van der Waals surface area contributed by atoms with E-state index in [0.29, 0.717) is 38.7 Å². The number of methoxy groups -OCH3 is 1. The summed E-state index contributed by atoms with van der Waals surface area (Å²) >= 11 is 6.42. The number of phenols is 1. The highest BCUT2D eigenvalue weighted by Gasteiger charge is 2.70. The van der Waals surface area contributed by atoms with E-state index in [-0.39, 0.29) is 36.0 Å². The predicted molar refractivity (Wildman–Crippen MR) is 210 cm³/mol. The molecule has 10 heteroatoms. The third-order valence-electron chi connectivity index (χ3n) is 12.1. The molecule has 1 N–H and O–H groups in total. The molecule has 2 heterocycles. The summed E-state index contributed by atoms with van der Waals surface area (Å²) in [7, 11) is 1.44. The van der Waals surface area contributed by atoms with Crippen LogP contribution in [-0.4, -0.2) is 41.6 Å². The van der Waals surface area contributed by atoms with E-state index in [1.54, 1.807) is 84.9 Å². The Morgan fingerprint density at radius 1 is 0.732 bits per heavy atom. The van der Waals surface area contributed by atoms with Crippen LogP contribution in [-0.2, 0) is 24.6 Å². The second-order valence-electron chi connectivity index (χ2n) is 14.8. The van der Waals surface area contributed by atoms with E-state index in [9.17, 15) is 24.3 Å². The number of hydrogen-bond donors (Lipinski definition) is 1. The van der Waals surface area contributed by atoms with Crippen LogP contribution in [0.1, 0.15) is 45.8 Å². The Morgan fingerprint density at radius 3 is 2.12 bits per heavy atom. The smallest absolute Gasteiger partial charge is 0.246 e. The number of anilines is 2. The van der Waals surface area contributed by atoms with Crippen molar-refractivity contribution in [1.29, 1.82) is 0 Å². The van der Waals surface area contributed by atoms with E-state index in [1.165, 1.54) is 23.0 Å². The molecule has 0 radical (unpaired) electrons. The van der Waals surface area contributed by atoms with Crippen LogP contribution < -0.4 is 14.5 Å². The lowest BCUT2D eigenvalue weighted by atomic mass is 9.49. The van der Waals surface area contributed by atoms with Gasteiger partial charge in [0.1, 0.15) is 0 Å². The van der Waals surface area contributed by atoms with Gasteiger partial charge in [-0.2, -0.15) is 0 Å². The third-order valence-corrected chi connectivity index (χ3v) is 12.4. The number of phenolic OH excluding ortho intramolecular Hbond substituents is 1. The number of carbonyl (C=O) groups excluding carboxylic acids is 5. The van der Waals surface area contributed by atoms with E-state index in [2.05, 4.69) is 0 Å². The van der Waals surface area contributed by atoms with Gasteiger partial charge in [-0.25, -0.2) is 4.90 Å². The minimum absolute atomic E-state index is 0.0929. The standard InChI is InChI=1S/C46H35ClN2O7/c1-56-38-23-28(17-22-37(38)50)40-33-20-21-34-39(44(54)48(42(34)52)31-18-15-27(16-19-31)41(51)26-9-4-2-5-10-26)35(33)25-36-43(53)49(32-14-8-13-30(47)24-32)45(55)46(36,40)29-11-6-3-7-12-29/h2-20,22-24,34-36,39-40,50H,21,25H2,1H3. The van der Waals surface area contributed by atoms with Crippen molar-refractivity contribution in [3.8, 4) is 11.5 Å². The van der Waals surface area contributed by atoms with Gasteiger partial charge < -0.3 is 9.84 Å². The zero-order chi connectivity index (χ0) is 38.9. The maximum Gasteiger partial charge on any atom is 0.246 e. The van der Waals surface area contributed by atoms with Crippen molar-refractivity contribution in [1.82, 2.24) is 0 Å². The van der Waals surface area contributed by atoms with Crippen LogP contribution in [0, 0.1) is 23.7 Å². The molecule has 9 nitrogen and oxygen atoms in total. The fourth-order valence-corrected chi connectivity index (χ4v) is 9.95. The minimum atomic E-state index is -1.47. The van der Waals surface area contributed by atoms with Crippen molar-refractivity contribution in [2.24, 2.45) is 23.7 Å². The topological polar surface area (TPSA) is 121 Å². The van der Waals surface area contributed by atoms with Crippen molar-refractivity contribution in [3.63, 3.8) is 0 Å². The number of benzene rings is 5. The summed E-state index contributed by atoms with van der Waals surface area (Å²) < 4.78 is 5.55. The van der Waals surface area contributed by atoms with Crippen LogP contribution in [0.2, 0.25) is 5.02 Å². The molecule has 0 aromatic heterocycles. The molecule has 0 spiro atoms. The maximum absolute atomic E-state index is 15.4. The molecular weight excluding hydrogens is 728 g/mol. The van der Waals surface area contributed by atoms with Crippen molar-refractivity contribution < 1.29 is 33.8 Å².